The molecule has 0 aromatic heterocycles. The van der Waals surface area contributed by atoms with Gasteiger partial charge >= 0.3 is 0 Å². The topological polar surface area (TPSA) is 49.4 Å². The van der Waals surface area contributed by atoms with Gasteiger partial charge in [-0.3, -0.25) is 9.59 Å². The van der Waals surface area contributed by atoms with E-state index in [1.807, 2.05) is 6.92 Å². The lowest BCUT2D eigenvalue weighted by molar-refractivity contribution is -0.140. The summed E-state index contributed by atoms with van der Waals surface area (Å²) in [5, 5.41) is 4.26. The van der Waals surface area contributed by atoms with E-state index in [1.54, 1.807) is 36.4 Å². The number of nitrogens with zero attached hydrogens (tertiary/aromatic N) is 1. The summed E-state index contributed by atoms with van der Waals surface area (Å²) in [6.45, 7) is 1.96. The van der Waals surface area contributed by atoms with Gasteiger partial charge in [-0.25, -0.2) is 0 Å². The van der Waals surface area contributed by atoms with E-state index in [-0.39, 0.29) is 24.8 Å². The summed E-state index contributed by atoms with van der Waals surface area (Å²) in [5.41, 5.74) is 1.29. The minimum absolute atomic E-state index is 0.0620. The molecule has 0 unspecified atom stereocenters. The molecule has 1 N–H and O–H groups in total. The normalized spacial score (nSPS) is 11.8. The van der Waals surface area contributed by atoms with Crippen LogP contribution in [0.1, 0.15) is 24.5 Å². The van der Waals surface area contributed by atoms with E-state index < -0.39 is 6.04 Å². The molecular weight excluding hydrogens is 442 g/mol. The van der Waals surface area contributed by atoms with Crippen molar-refractivity contribution in [1.29, 1.82) is 0 Å². The molecule has 0 aliphatic carbocycles. The van der Waals surface area contributed by atoms with Crippen molar-refractivity contribution in [3.8, 4) is 0 Å². The third-order valence-corrected chi connectivity index (χ3v) is 5.81. The largest absolute Gasteiger partial charge is 0.357 e. The highest BCUT2D eigenvalue weighted by atomic mass is 35.5. The fourth-order valence-electron chi connectivity index (χ4n) is 2.87. The highest BCUT2D eigenvalue weighted by Gasteiger charge is 2.29. The monoisotopic (exact) mass is 460 g/mol. The van der Waals surface area contributed by atoms with Gasteiger partial charge in [0.25, 0.3) is 0 Å². The number of amides is 2. The van der Waals surface area contributed by atoms with Gasteiger partial charge in [-0.15, -0.1) is 0 Å². The second-order valence-corrected chi connectivity index (χ2v) is 7.81. The molecule has 1 atom stereocenters. The first-order chi connectivity index (χ1) is 13.3. The van der Waals surface area contributed by atoms with Crippen molar-refractivity contribution in [2.45, 2.75) is 32.4 Å². The lowest BCUT2D eigenvalue weighted by atomic mass is 10.1. The van der Waals surface area contributed by atoms with Crippen LogP contribution in [0.3, 0.4) is 0 Å². The van der Waals surface area contributed by atoms with Gasteiger partial charge in [-0.1, -0.05) is 65.5 Å². The Kier molecular flexibility index (Phi) is 8.44. The Bertz CT molecular complexity index is 853. The maximum absolute atomic E-state index is 13.1. The van der Waals surface area contributed by atoms with Gasteiger partial charge in [-0.2, -0.15) is 0 Å². The van der Waals surface area contributed by atoms with Gasteiger partial charge < -0.3 is 10.2 Å². The molecule has 2 rings (SSSR count). The van der Waals surface area contributed by atoms with E-state index in [1.165, 1.54) is 11.9 Å². The summed E-state index contributed by atoms with van der Waals surface area (Å²) in [4.78, 5) is 27.0. The molecule has 28 heavy (non-hydrogen) atoms. The number of nitrogens with one attached hydrogen (secondary N) is 1. The van der Waals surface area contributed by atoms with Gasteiger partial charge in [0.1, 0.15) is 6.04 Å². The van der Waals surface area contributed by atoms with Gasteiger partial charge in [-0.05, 0) is 36.2 Å². The highest BCUT2D eigenvalue weighted by Crippen LogP contribution is 2.28. The third-order valence-electron chi connectivity index (χ3n) is 4.36. The van der Waals surface area contributed by atoms with Crippen LogP contribution < -0.4 is 5.32 Å². The summed E-state index contributed by atoms with van der Waals surface area (Å²) in [5.74, 6) is -0.502. The zero-order valence-corrected chi connectivity index (χ0v) is 18.5. The zero-order valence-electron chi connectivity index (χ0n) is 15.4. The van der Waals surface area contributed by atoms with E-state index in [0.717, 1.165) is 0 Å². The number of carbonyl (C=O) groups is 2. The second-order valence-electron chi connectivity index (χ2n) is 6.19. The molecule has 0 spiro atoms. The minimum atomic E-state index is -0.660. The van der Waals surface area contributed by atoms with E-state index in [4.69, 9.17) is 46.4 Å². The molecule has 0 aliphatic rings. The molecular formula is C20H20Cl4N2O2. The number of rotatable bonds is 7. The first-order valence-electron chi connectivity index (χ1n) is 8.66. The van der Waals surface area contributed by atoms with Gasteiger partial charge in [0.05, 0.1) is 16.5 Å². The number of hydrogen-bond donors (Lipinski definition) is 1. The summed E-state index contributed by atoms with van der Waals surface area (Å²) < 4.78 is 0. The number of carbonyl (C=O) groups excluding carboxylic acids is 2. The van der Waals surface area contributed by atoms with E-state index in [9.17, 15) is 9.59 Å². The molecule has 8 heteroatoms. The SMILES string of the molecule is CC[C@@H](C(=O)NC)N(Cc1c(Cl)cccc1Cl)C(=O)Cc1ccc(Cl)c(Cl)c1. The van der Waals surface area contributed by atoms with Crippen LogP contribution in [0.25, 0.3) is 0 Å². The van der Waals surface area contributed by atoms with E-state index >= 15 is 0 Å². The quantitative estimate of drug-likeness (QED) is 0.600. The van der Waals surface area contributed by atoms with Gasteiger partial charge in [0, 0.05) is 29.2 Å². The Morgan fingerprint density at radius 2 is 1.64 bits per heavy atom. The fourth-order valence-corrected chi connectivity index (χ4v) is 3.70. The first-order valence-corrected chi connectivity index (χ1v) is 10.2. The molecule has 0 saturated carbocycles. The Balaban J connectivity index is 2.37. The molecule has 0 aliphatic heterocycles. The highest BCUT2D eigenvalue weighted by molar-refractivity contribution is 6.42. The molecule has 0 bridgehead atoms. The van der Waals surface area contributed by atoms with Crippen LogP contribution in [0.4, 0.5) is 0 Å². The van der Waals surface area contributed by atoms with Crippen molar-refractivity contribution < 1.29 is 9.59 Å². The second kappa shape index (κ2) is 10.4. The zero-order chi connectivity index (χ0) is 20.8. The predicted molar refractivity (Wildman–Crippen MR) is 115 cm³/mol. The number of likely N-dealkylation sites (N-methyl/N-ethyl adjacent to an activating group) is 1. The average molecular weight is 462 g/mol. The molecule has 4 nitrogen and oxygen atoms in total. The molecule has 0 saturated heterocycles. The molecule has 0 fully saturated rings. The van der Waals surface area contributed by atoms with Gasteiger partial charge in [0.15, 0.2) is 0 Å². The van der Waals surface area contributed by atoms with Crippen molar-refractivity contribution >= 4 is 58.2 Å². The van der Waals surface area contributed by atoms with Crippen molar-refractivity contribution in [3.05, 3.63) is 67.6 Å². The summed E-state index contributed by atoms with van der Waals surface area (Å²) in [6, 6.07) is 9.48. The van der Waals surface area contributed by atoms with Gasteiger partial charge in [0.2, 0.25) is 11.8 Å². The van der Waals surface area contributed by atoms with Crippen LogP contribution in [-0.4, -0.2) is 29.8 Å². The number of halogens is 4. The van der Waals surface area contributed by atoms with Crippen LogP contribution >= 0.6 is 46.4 Å². The average Bonchev–Trinajstić information content (AvgIpc) is 2.66. The standard InChI is InChI=1S/C20H20Cl4N2O2/c1-3-18(20(28)25-2)26(11-13-14(21)5-4-6-15(13)22)19(27)10-12-7-8-16(23)17(24)9-12/h4-9,18H,3,10-11H2,1-2H3,(H,25,28)/t18-/m0/s1. The summed E-state index contributed by atoms with van der Waals surface area (Å²) >= 11 is 24.6. The van der Waals surface area contributed by atoms with Crippen LogP contribution in [0.2, 0.25) is 20.1 Å². The Morgan fingerprint density at radius 1 is 1.00 bits per heavy atom. The molecule has 2 aromatic rings. The van der Waals surface area contributed by atoms with Crippen LogP contribution in [0.5, 0.6) is 0 Å². The van der Waals surface area contributed by atoms with Crippen molar-refractivity contribution in [2.24, 2.45) is 0 Å². The summed E-state index contributed by atoms with van der Waals surface area (Å²) in [7, 11) is 1.54. The molecule has 2 amide bonds. The van der Waals surface area contributed by atoms with Crippen molar-refractivity contribution in [3.63, 3.8) is 0 Å². The van der Waals surface area contributed by atoms with Crippen LogP contribution in [0, 0.1) is 0 Å². The fraction of sp³-hybridized carbons (Fsp3) is 0.300. The lowest BCUT2D eigenvalue weighted by Crippen LogP contribution is -2.48. The van der Waals surface area contributed by atoms with Crippen molar-refractivity contribution in [1.82, 2.24) is 10.2 Å². The third kappa shape index (κ3) is 5.54. The Labute approximate surface area is 184 Å². The minimum Gasteiger partial charge on any atom is -0.357 e. The van der Waals surface area contributed by atoms with E-state index in [0.29, 0.717) is 37.6 Å². The number of hydrogen-bond acceptors (Lipinski definition) is 2. The van der Waals surface area contributed by atoms with Crippen LogP contribution in [-0.2, 0) is 22.6 Å². The molecule has 0 radical (unpaired) electrons. The lowest BCUT2D eigenvalue weighted by Gasteiger charge is -2.31. The maximum Gasteiger partial charge on any atom is 0.242 e. The first kappa shape index (κ1) is 22.8. The molecule has 150 valence electrons. The molecule has 0 heterocycles. The van der Waals surface area contributed by atoms with Crippen molar-refractivity contribution in [2.75, 3.05) is 7.05 Å². The smallest absolute Gasteiger partial charge is 0.242 e. The number of benzene rings is 2. The van der Waals surface area contributed by atoms with E-state index in [2.05, 4.69) is 5.32 Å². The Morgan fingerprint density at radius 3 is 2.18 bits per heavy atom. The summed E-state index contributed by atoms with van der Waals surface area (Å²) in [6.07, 6.45) is 0.501. The maximum atomic E-state index is 13.1. The predicted octanol–water partition coefficient (Wildman–Crippen LogP) is 5.40. The Hall–Kier alpha value is -1.46. The molecule has 2 aromatic carbocycles. The van der Waals surface area contributed by atoms with Crippen LogP contribution in [0.15, 0.2) is 36.4 Å².